The van der Waals surface area contributed by atoms with Crippen molar-refractivity contribution in [3.05, 3.63) is 35.4 Å². The van der Waals surface area contributed by atoms with Gasteiger partial charge in [0.2, 0.25) is 0 Å². The zero-order valence-electron chi connectivity index (χ0n) is 11.9. The first kappa shape index (κ1) is 13.6. The molecule has 2 rings (SSSR count). The summed E-state index contributed by atoms with van der Waals surface area (Å²) in [6.07, 6.45) is 9.39. The summed E-state index contributed by atoms with van der Waals surface area (Å²) in [5.74, 6) is 0.814. The molecule has 1 nitrogen and oxygen atoms in total. The maximum Gasteiger partial charge on any atom is 0.00986 e. The number of fused-ring (bicyclic) bond motifs is 1. The summed E-state index contributed by atoms with van der Waals surface area (Å²) >= 11 is 0. The molecule has 1 unspecified atom stereocenters. The molecule has 1 aromatic rings. The molecule has 0 amide bonds. The fourth-order valence-electron chi connectivity index (χ4n) is 3.28. The van der Waals surface area contributed by atoms with E-state index in [4.69, 9.17) is 0 Å². The van der Waals surface area contributed by atoms with Crippen LogP contribution in [0.5, 0.6) is 0 Å². The number of hydrogen-bond donors (Lipinski definition) is 1. The molecule has 0 aliphatic heterocycles. The molecular formula is C17H27N. The lowest BCUT2D eigenvalue weighted by atomic mass is 9.92. The fraction of sp³-hybridized carbons (Fsp3) is 0.647. The molecular weight excluding hydrogens is 218 g/mol. The van der Waals surface area contributed by atoms with Crippen LogP contribution >= 0.6 is 0 Å². The Morgan fingerprint density at radius 2 is 1.78 bits per heavy atom. The van der Waals surface area contributed by atoms with E-state index in [2.05, 4.69) is 43.6 Å². The smallest absolute Gasteiger partial charge is 0.00986 e. The molecule has 18 heavy (non-hydrogen) atoms. The zero-order chi connectivity index (χ0) is 12.8. The van der Waals surface area contributed by atoms with Crippen molar-refractivity contribution in [2.24, 2.45) is 5.92 Å². The standard InChI is InChI=1S/C17H27N/c1-3-4-5-6-11-17(18-2)16-12-14-9-7-8-10-15(14)13-16/h7-10,16-18H,3-6,11-13H2,1-2H3. The maximum atomic E-state index is 3.56. The van der Waals surface area contributed by atoms with E-state index < -0.39 is 0 Å². The van der Waals surface area contributed by atoms with Crippen molar-refractivity contribution in [1.29, 1.82) is 0 Å². The molecule has 0 saturated carbocycles. The summed E-state index contributed by atoms with van der Waals surface area (Å²) in [5, 5.41) is 3.56. The molecule has 0 fully saturated rings. The van der Waals surface area contributed by atoms with Gasteiger partial charge in [0.05, 0.1) is 0 Å². The Morgan fingerprint density at radius 3 is 2.33 bits per heavy atom. The van der Waals surface area contributed by atoms with Crippen LogP contribution in [-0.2, 0) is 12.8 Å². The van der Waals surface area contributed by atoms with Crippen LogP contribution in [0.2, 0.25) is 0 Å². The minimum absolute atomic E-state index is 0.703. The van der Waals surface area contributed by atoms with Crippen molar-refractivity contribution < 1.29 is 0 Å². The molecule has 0 spiro atoms. The van der Waals surface area contributed by atoms with Crippen molar-refractivity contribution in [1.82, 2.24) is 5.32 Å². The van der Waals surface area contributed by atoms with Crippen LogP contribution < -0.4 is 5.32 Å². The van der Waals surface area contributed by atoms with E-state index in [1.807, 2.05) is 0 Å². The molecule has 0 aromatic heterocycles. The van der Waals surface area contributed by atoms with Gasteiger partial charge < -0.3 is 5.32 Å². The molecule has 1 N–H and O–H groups in total. The van der Waals surface area contributed by atoms with Crippen LogP contribution in [0.3, 0.4) is 0 Å². The van der Waals surface area contributed by atoms with Gasteiger partial charge in [0, 0.05) is 6.04 Å². The van der Waals surface area contributed by atoms with Crippen molar-refractivity contribution in [2.75, 3.05) is 7.05 Å². The van der Waals surface area contributed by atoms with Crippen LogP contribution in [0.15, 0.2) is 24.3 Å². The predicted molar refractivity (Wildman–Crippen MR) is 78.9 cm³/mol. The highest BCUT2D eigenvalue weighted by Crippen LogP contribution is 2.30. The second kappa shape index (κ2) is 6.94. The number of rotatable bonds is 7. The molecule has 1 atom stereocenters. The van der Waals surface area contributed by atoms with E-state index >= 15 is 0 Å². The Kier molecular flexibility index (Phi) is 5.25. The van der Waals surface area contributed by atoms with Gasteiger partial charge in [0.25, 0.3) is 0 Å². The van der Waals surface area contributed by atoms with Gasteiger partial charge in [-0.2, -0.15) is 0 Å². The minimum Gasteiger partial charge on any atom is -0.317 e. The van der Waals surface area contributed by atoms with E-state index in [9.17, 15) is 0 Å². The van der Waals surface area contributed by atoms with E-state index in [-0.39, 0.29) is 0 Å². The maximum absolute atomic E-state index is 3.56. The average molecular weight is 245 g/mol. The summed E-state index contributed by atoms with van der Waals surface area (Å²) in [6, 6.07) is 9.67. The second-order valence-corrected chi connectivity index (χ2v) is 5.68. The minimum atomic E-state index is 0.703. The van der Waals surface area contributed by atoms with Crippen molar-refractivity contribution in [3.63, 3.8) is 0 Å². The molecule has 0 saturated heterocycles. The van der Waals surface area contributed by atoms with E-state index in [1.165, 1.54) is 44.9 Å². The second-order valence-electron chi connectivity index (χ2n) is 5.68. The zero-order valence-corrected chi connectivity index (χ0v) is 11.9. The predicted octanol–water partition coefficient (Wildman–Crippen LogP) is 3.96. The van der Waals surface area contributed by atoms with Gasteiger partial charge >= 0.3 is 0 Å². The van der Waals surface area contributed by atoms with Crippen molar-refractivity contribution in [2.45, 2.75) is 57.9 Å². The van der Waals surface area contributed by atoms with E-state index in [0.29, 0.717) is 6.04 Å². The largest absolute Gasteiger partial charge is 0.317 e. The Morgan fingerprint density at radius 1 is 1.11 bits per heavy atom. The molecule has 0 bridgehead atoms. The molecule has 100 valence electrons. The third-order valence-corrected chi connectivity index (χ3v) is 4.39. The fourth-order valence-corrected chi connectivity index (χ4v) is 3.28. The number of nitrogens with one attached hydrogen (secondary N) is 1. The molecule has 1 aliphatic rings. The highest BCUT2D eigenvalue weighted by Gasteiger charge is 2.26. The lowest BCUT2D eigenvalue weighted by Gasteiger charge is -2.23. The summed E-state index contributed by atoms with van der Waals surface area (Å²) in [7, 11) is 2.13. The molecule has 1 heteroatoms. The first-order valence-electron chi connectivity index (χ1n) is 7.59. The van der Waals surface area contributed by atoms with Crippen LogP contribution in [0.4, 0.5) is 0 Å². The summed E-state index contributed by atoms with van der Waals surface area (Å²) in [6.45, 7) is 2.28. The van der Waals surface area contributed by atoms with Gasteiger partial charge in [0.15, 0.2) is 0 Å². The van der Waals surface area contributed by atoms with Crippen LogP contribution in [0, 0.1) is 5.92 Å². The number of hydrogen-bond acceptors (Lipinski definition) is 1. The van der Waals surface area contributed by atoms with Gasteiger partial charge in [-0.1, -0.05) is 56.9 Å². The highest BCUT2D eigenvalue weighted by atomic mass is 14.9. The summed E-state index contributed by atoms with van der Waals surface area (Å²) < 4.78 is 0. The van der Waals surface area contributed by atoms with Gasteiger partial charge in [-0.3, -0.25) is 0 Å². The van der Waals surface area contributed by atoms with Crippen LogP contribution in [-0.4, -0.2) is 13.1 Å². The Balaban J connectivity index is 1.84. The average Bonchev–Trinajstić information content (AvgIpc) is 2.82. The van der Waals surface area contributed by atoms with E-state index in [0.717, 1.165) is 5.92 Å². The van der Waals surface area contributed by atoms with Crippen molar-refractivity contribution >= 4 is 0 Å². The summed E-state index contributed by atoms with van der Waals surface area (Å²) in [4.78, 5) is 0. The van der Waals surface area contributed by atoms with E-state index in [1.54, 1.807) is 11.1 Å². The molecule has 0 radical (unpaired) electrons. The van der Waals surface area contributed by atoms with Gasteiger partial charge in [0.1, 0.15) is 0 Å². The molecule has 1 aliphatic carbocycles. The lowest BCUT2D eigenvalue weighted by molar-refractivity contribution is 0.354. The van der Waals surface area contributed by atoms with Crippen LogP contribution in [0.25, 0.3) is 0 Å². The number of benzene rings is 1. The summed E-state index contributed by atoms with van der Waals surface area (Å²) in [5.41, 5.74) is 3.16. The van der Waals surface area contributed by atoms with Gasteiger partial charge in [-0.25, -0.2) is 0 Å². The highest BCUT2D eigenvalue weighted by molar-refractivity contribution is 5.32. The topological polar surface area (TPSA) is 12.0 Å². The lowest BCUT2D eigenvalue weighted by Crippen LogP contribution is -2.34. The van der Waals surface area contributed by atoms with Gasteiger partial charge in [-0.15, -0.1) is 0 Å². The Hall–Kier alpha value is -0.820. The number of unbranched alkanes of at least 4 members (excludes halogenated alkanes) is 3. The Bertz CT molecular complexity index is 333. The molecule has 0 heterocycles. The molecule has 1 aromatic carbocycles. The third kappa shape index (κ3) is 3.35. The normalized spacial score (nSPS) is 16.8. The first-order valence-corrected chi connectivity index (χ1v) is 7.59. The van der Waals surface area contributed by atoms with Gasteiger partial charge in [-0.05, 0) is 43.4 Å². The Labute approximate surface area is 112 Å². The quantitative estimate of drug-likeness (QED) is 0.717. The van der Waals surface area contributed by atoms with Crippen LogP contribution in [0.1, 0.15) is 50.2 Å². The first-order chi connectivity index (χ1) is 8.85. The third-order valence-electron chi connectivity index (χ3n) is 4.39. The SMILES string of the molecule is CCCCCCC(NC)C1Cc2ccccc2C1. The van der Waals surface area contributed by atoms with Crippen molar-refractivity contribution in [3.8, 4) is 0 Å². The monoisotopic (exact) mass is 245 g/mol.